The molecule has 0 radical (unpaired) electrons. The molecule has 1 aliphatic rings. The molecule has 0 saturated carbocycles. The molecule has 2 aromatic rings. The molecule has 2 aromatic heterocycles. The van der Waals surface area contributed by atoms with Crippen molar-refractivity contribution in [2.24, 2.45) is 0 Å². The largest absolute Gasteiger partial charge is 0.476 e. The van der Waals surface area contributed by atoms with E-state index >= 15 is 0 Å². The molecule has 3 rings (SSSR count). The average Bonchev–Trinajstić information content (AvgIpc) is 3.04. The Morgan fingerprint density at radius 3 is 3.05 bits per heavy atom. The highest BCUT2D eigenvalue weighted by molar-refractivity contribution is 6.10. The number of carbonyl (C=O) groups excluding carboxylic acids is 1. The third-order valence-electron chi connectivity index (χ3n) is 3.07. The summed E-state index contributed by atoms with van der Waals surface area (Å²) in [6, 6.07) is 1.69. The number of carboxylic acids is 1. The third-order valence-corrected chi connectivity index (χ3v) is 3.07. The maximum atomic E-state index is 11.4. The summed E-state index contributed by atoms with van der Waals surface area (Å²) in [5.41, 5.74) is 0.680. The van der Waals surface area contributed by atoms with Crippen LogP contribution >= 0.6 is 0 Å². The zero-order chi connectivity index (χ0) is 15.7. The number of hydrogen-bond acceptors (Lipinski definition) is 6. The fourth-order valence-corrected chi connectivity index (χ4v) is 1.99. The Balaban J connectivity index is 1.92. The van der Waals surface area contributed by atoms with E-state index in [1.807, 2.05) is 0 Å². The van der Waals surface area contributed by atoms with Gasteiger partial charge in [-0.05, 0) is 13.0 Å². The van der Waals surface area contributed by atoms with Gasteiger partial charge in [0, 0.05) is 29.4 Å². The van der Waals surface area contributed by atoms with Crippen LogP contribution in [0.15, 0.2) is 42.7 Å². The highest BCUT2D eigenvalue weighted by Gasteiger charge is 2.23. The Hall–Kier alpha value is -3.16. The van der Waals surface area contributed by atoms with E-state index in [0.717, 1.165) is 6.26 Å². The number of rotatable bonds is 4. The van der Waals surface area contributed by atoms with Gasteiger partial charge in [-0.1, -0.05) is 0 Å². The zero-order valence-corrected chi connectivity index (χ0v) is 11.5. The lowest BCUT2D eigenvalue weighted by Gasteiger charge is -2.10. The Labute approximate surface area is 124 Å². The van der Waals surface area contributed by atoms with Crippen molar-refractivity contribution < 1.29 is 24.2 Å². The first kappa shape index (κ1) is 13.8. The van der Waals surface area contributed by atoms with Gasteiger partial charge in [-0.3, -0.25) is 4.57 Å². The Kier molecular flexibility index (Phi) is 3.34. The van der Waals surface area contributed by atoms with Gasteiger partial charge in [-0.15, -0.1) is 0 Å². The maximum Gasteiger partial charge on any atom is 0.356 e. The summed E-state index contributed by atoms with van der Waals surface area (Å²) in [5.74, 6) is -1.70. The molecule has 0 amide bonds. The smallest absolute Gasteiger partial charge is 0.356 e. The lowest BCUT2D eigenvalue weighted by Crippen LogP contribution is -2.13. The second-order valence-corrected chi connectivity index (χ2v) is 4.56. The number of carbonyl (C=O) groups is 2. The van der Waals surface area contributed by atoms with Gasteiger partial charge >= 0.3 is 11.9 Å². The van der Waals surface area contributed by atoms with Crippen molar-refractivity contribution in [2.45, 2.75) is 13.2 Å². The number of aliphatic carboxylic acids is 1. The van der Waals surface area contributed by atoms with E-state index in [2.05, 4.69) is 9.97 Å². The number of nitrogens with zero attached hydrogens (tertiary/aromatic N) is 3. The first-order chi connectivity index (χ1) is 10.6. The molecule has 0 aliphatic carbocycles. The Bertz CT molecular complexity index is 821. The minimum Gasteiger partial charge on any atom is -0.476 e. The highest BCUT2D eigenvalue weighted by Crippen LogP contribution is 2.19. The summed E-state index contributed by atoms with van der Waals surface area (Å²) < 4.78 is 11.4. The van der Waals surface area contributed by atoms with Crippen LogP contribution in [0.1, 0.15) is 6.92 Å². The summed E-state index contributed by atoms with van der Waals surface area (Å²) in [7, 11) is 0. The summed E-state index contributed by atoms with van der Waals surface area (Å²) in [5, 5.41) is 10.0. The van der Waals surface area contributed by atoms with Crippen LogP contribution in [-0.2, 0) is 19.1 Å². The quantitative estimate of drug-likeness (QED) is 0.513. The summed E-state index contributed by atoms with van der Waals surface area (Å²) in [6.45, 7) is 1.59. The van der Waals surface area contributed by atoms with Crippen molar-refractivity contribution >= 4 is 28.7 Å². The van der Waals surface area contributed by atoms with Gasteiger partial charge in [0.2, 0.25) is 0 Å². The molecule has 1 N–H and O–H groups in total. The van der Waals surface area contributed by atoms with Gasteiger partial charge in [0.15, 0.2) is 5.70 Å². The molecule has 0 aromatic carbocycles. The fraction of sp³-hybridized carbons (Fsp3) is 0.143. The first-order valence-electron chi connectivity index (χ1n) is 6.32. The van der Waals surface area contributed by atoms with Crippen LogP contribution in [0.4, 0.5) is 0 Å². The van der Waals surface area contributed by atoms with Crippen molar-refractivity contribution in [1.29, 1.82) is 0 Å². The van der Waals surface area contributed by atoms with Crippen LogP contribution in [0.25, 0.3) is 16.7 Å². The normalized spacial score (nSPS) is 18.2. The molecular formula is C14H11N3O5. The maximum absolute atomic E-state index is 11.4. The monoisotopic (exact) mass is 301 g/mol. The summed E-state index contributed by atoms with van der Waals surface area (Å²) in [4.78, 5) is 30.6. The zero-order valence-electron chi connectivity index (χ0n) is 11.5. The summed E-state index contributed by atoms with van der Waals surface area (Å²) >= 11 is 0. The molecule has 1 atom stereocenters. The minimum absolute atomic E-state index is 0.164. The number of carboxylic acid groups (broad SMARTS) is 1. The standard InChI is InChI=1S/C14H11N3O5/c1-8-4-11(22-14(8)20)21-6-10(13(18)19)17-3-2-9-5-15-7-16-12(9)17/h2-7,11H,1H3,(H,18,19)/b10-6-. The molecule has 0 fully saturated rings. The van der Waals surface area contributed by atoms with Gasteiger partial charge in [0.25, 0.3) is 6.29 Å². The fourth-order valence-electron chi connectivity index (χ4n) is 1.99. The molecule has 0 saturated heterocycles. The molecular weight excluding hydrogens is 290 g/mol. The Morgan fingerprint density at radius 1 is 1.55 bits per heavy atom. The van der Waals surface area contributed by atoms with Crippen molar-refractivity contribution in [2.75, 3.05) is 0 Å². The molecule has 3 heterocycles. The van der Waals surface area contributed by atoms with E-state index in [4.69, 9.17) is 9.47 Å². The van der Waals surface area contributed by atoms with E-state index in [1.54, 1.807) is 25.4 Å². The molecule has 8 heteroatoms. The predicted molar refractivity (Wildman–Crippen MR) is 74.2 cm³/mol. The van der Waals surface area contributed by atoms with Gasteiger partial charge in [-0.25, -0.2) is 19.6 Å². The second kappa shape index (κ2) is 5.32. The van der Waals surface area contributed by atoms with Crippen molar-refractivity contribution in [1.82, 2.24) is 14.5 Å². The number of hydrogen-bond donors (Lipinski definition) is 1. The van der Waals surface area contributed by atoms with Crippen LogP contribution < -0.4 is 0 Å². The average molecular weight is 301 g/mol. The number of ether oxygens (including phenoxy) is 2. The van der Waals surface area contributed by atoms with Gasteiger partial charge in [-0.2, -0.15) is 0 Å². The third kappa shape index (κ3) is 2.41. The van der Waals surface area contributed by atoms with Crippen molar-refractivity contribution in [3.63, 3.8) is 0 Å². The van der Waals surface area contributed by atoms with Crippen LogP contribution in [0, 0.1) is 0 Å². The molecule has 112 valence electrons. The molecule has 1 unspecified atom stereocenters. The molecule has 0 bridgehead atoms. The minimum atomic E-state index is -1.21. The van der Waals surface area contributed by atoms with E-state index in [-0.39, 0.29) is 5.70 Å². The first-order valence-corrected chi connectivity index (χ1v) is 6.32. The summed E-state index contributed by atoms with van der Waals surface area (Å²) in [6.07, 6.45) is 6.00. The van der Waals surface area contributed by atoms with Crippen LogP contribution in [0.3, 0.4) is 0 Å². The van der Waals surface area contributed by atoms with Crippen LogP contribution in [0.2, 0.25) is 0 Å². The van der Waals surface area contributed by atoms with Gasteiger partial charge in [0.1, 0.15) is 18.2 Å². The lowest BCUT2D eigenvalue weighted by atomic mass is 10.3. The molecule has 22 heavy (non-hydrogen) atoms. The van der Waals surface area contributed by atoms with Gasteiger partial charge in [0.05, 0.1) is 0 Å². The topological polar surface area (TPSA) is 104 Å². The SMILES string of the molecule is CC1=CC(O/C=C(/C(=O)O)n2ccc3cncnc32)OC1=O. The van der Waals surface area contributed by atoms with Crippen molar-refractivity contribution in [3.8, 4) is 0 Å². The van der Waals surface area contributed by atoms with Crippen LogP contribution in [-0.4, -0.2) is 37.9 Å². The second-order valence-electron chi connectivity index (χ2n) is 4.56. The van der Waals surface area contributed by atoms with E-state index < -0.39 is 18.2 Å². The number of aromatic nitrogens is 3. The number of cyclic esters (lactones) is 1. The molecule has 1 aliphatic heterocycles. The van der Waals surface area contributed by atoms with Crippen LogP contribution in [0.5, 0.6) is 0 Å². The lowest BCUT2D eigenvalue weighted by molar-refractivity contribution is -0.152. The van der Waals surface area contributed by atoms with E-state index in [9.17, 15) is 14.7 Å². The van der Waals surface area contributed by atoms with Crippen molar-refractivity contribution in [3.05, 3.63) is 42.7 Å². The number of fused-ring (bicyclic) bond motifs is 1. The van der Waals surface area contributed by atoms with E-state index in [1.165, 1.54) is 17.0 Å². The predicted octanol–water partition coefficient (Wildman–Crippen LogP) is 1.16. The molecule has 0 spiro atoms. The molecule has 8 nitrogen and oxygen atoms in total. The highest BCUT2D eigenvalue weighted by atomic mass is 16.7. The Morgan fingerprint density at radius 2 is 2.36 bits per heavy atom. The number of esters is 1. The van der Waals surface area contributed by atoms with Gasteiger partial charge < -0.3 is 14.6 Å². The van der Waals surface area contributed by atoms with E-state index in [0.29, 0.717) is 16.6 Å².